The molecule has 0 spiro atoms. The van der Waals surface area contributed by atoms with E-state index in [0.717, 1.165) is 34.2 Å². The van der Waals surface area contributed by atoms with Gasteiger partial charge in [0.2, 0.25) is 0 Å². The number of rotatable bonds is 2. The van der Waals surface area contributed by atoms with E-state index in [4.69, 9.17) is 0 Å². The molecule has 0 amide bonds. The molecular weight excluding hydrogens is 204 g/mol. The molecule has 6 nitrogen and oxygen atoms in total. The van der Waals surface area contributed by atoms with Crippen LogP contribution in [0.3, 0.4) is 0 Å². The van der Waals surface area contributed by atoms with Crippen LogP contribution in [0.4, 0.5) is 11.4 Å². The topological polar surface area (TPSA) is 82.1 Å². The van der Waals surface area contributed by atoms with Crippen molar-refractivity contribution in [1.29, 1.82) is 0 Å². The molecule has 2 aromatic rings. The van der Waals surface area contributed by atoms with Crippen LogP contribution in [0.1, 0.15) is 22.8 Å². The highest BCUT2D eigenvalue weighted by Gasteiger charge is 2.07. The molecule has 16 heavy (non-hydrogen) atoms. The summed E-state index contributed by atoms with van der Waals surface area (Å²) in [4.78, 5) is 0. The predicted molar refractivity (Wildman–Crippen MR) is 60.3 cm³/mol. The Morgan fingerprint density at radius 2 is 1.12 bits per heavy atom. The molecule has 2 heterocycles. The van der Waals surface area contributed by atoms with Crippen LogP contribution in [0.2, 0.25) is 0 Å². The molecule has 0 saturated carbocycles. The number of nitrogens with one attached hydrogen (secondary N) is 2. The maximum absolute atomic E-state index is 4.20. The van der Waals surface area contributed by atoms with E-state index in [1.165, 1.54) is 0 Å². The molecule has 2 aromatic heterocycles. The second kappa shape index (κ2) is 3.88. The third kappa shape index (κ3) is 1.73. The van der Waals surface area contributed by atoms with Gasteiger partial charge < -0.3 is 0 Å². The van der Waals surface area contributed by atoms with Crippen molar-refractivity contribution >= 4 is 11.4 Å². The van der Waals surface area contributed by atoms with Crippen molar-refractivity contribution in [2.24, 2.45) is 10.2 Å². The molecule has 0 bridgehead atoms. The van der Waals surface area contributed by atoms with E-state index in [0.29, 0.717) is 0 Å². The maximum atomic E-state index is 4.20. The number of aryl methyl sites for hydroxylation is 4. The Labute approximate surface area is 93.2 Å². The Balaban J connectivity index is 2.35. The van der Waals surface area contributed by atoms with Crippen LogP contribution in [-0.4, -0.2) is 20.4 Å². The van der Waals surface area contributed by atoms with E-state index >= 15 is 0 Å². The highest BCUT2D eigenvalue weighted by molar-refractivity contribution is 5.48. The average molecular weight is 218 g/mol. The first kappa shape index (κ1) is 10.5. The number of aromatic amines is 2. The molecule has 0 atom stereocenters. The number of hydrogen-bond acceptors (Lipinski definition) is 4. The third-order valence-corrected chi connectivity index (χ3v) is 2.43. The number of H-pyrrole nitrogens is 2. The number of nitrogens with zero attached hydrogens (tertiary/aromatic N) is 4. The standard InChI is InChI=1S/C10H14N6/c1-5-9(6(2)12-11-5)15-16-10-7(3)13-14-8(10)4/h1-4H3,(H,11,12)(H,13,14). The van der Waals surface area contributed by atoms with E-state index in [1.54, 1.807) is 0 Å². The summed E-state index contributed by atoms with van der Waals surface area (Å²) in [5.41, 5.74) is 5.11. The van der Waals surface area contributed by atoms with Crippen LogP contribution < -0.4 is 0 Å². The third-order valence-electron chi connectivity index (χ3n) is 2.43. The van der Waals surface area contributed by atoms with Crippen molar-refractivity contribution in [3.8, 4) is 0 Å². The summed E-state index contributed by atoms with van der Waals surface area (Å²) in [6, 6.07) is 0. The van der Waals surface area contributed by atoms with Gasteiger partial charge in [0.25, 0.3) is 0 Å². The zero-order chi connectivity index (χ0) is 11.7. The van der Waals surface area contributed by atoms with Gasteiger partial charge >= 0.3 is 0 Å². The Kier molecular flexibility index (Phi) is 2.55. The molecule has 0 aliphatic rings. The highest BCUT2D eigenvalue weighted by atomic mass is 15.2. The zero-order valence-electron chi connectivity index (χ0n) is 9.79. The molecule has 2 rings (SSSR count). The molecule has 0 saturated heterocycles. The monoisotopic (exact) mass is 218 g/mol. The van der Waals surface area contributed by atoms with Crippen LogP contribution in [0.5, 0.6) is 0 Å². The quantitative estimate of drug-likeness (QED) is 0.760. The lowest BCUT2D eigenvalue weighted by atomic mass is 10.3. The molecule has 0 aromatic carbocycles. The summed E-state index contributed by atoms with van der Waals surface area (Å²) >= 11 is 0. The largest absolute Gasteiger partial charge is 0.280 e. The van der Waals surface area contributed by atoms with Crippen molar-refractivity contribution in [3.63, 3.8) is 0 Å². The van der Waals surface area contributed by atoms with E-state index in [9.17, 15) is 0 Å². The SMILES string of the molecule is Cc1n[nH]c(C)c1N=Nc1c(C)n[nH]c1C. The van der Waals surface area contributed by atoms with Gasteiger partial charge in [-0.1, -0.05) is 0 Å². The minimum Gasteiger partial charge on any atom is -0.280 e. The minimum atomic E-state index is 0.792. The molecule has 6 heteroatoms. The second-order valence-corrected chi connectivity index (χ2v) is 3.77. The summed E-state index contributed by atoms with van der Waals surface area (Å²) in [6.45, 7) is 7.63. The molecular formula is C10H14N6. The van der Waals surface area contributed by atoms with E-state index in [2.05, 4.69) is 30.6 Å². The van der Waals surface area contributed by atoms with Crippen LogP contribution in [0, 0.1) is 27.7 Å². The fraction of sp³-hybridized carbons (Fsp3) is 0.400. The van der Waals surface area contributed by atoms with Gasteiger partial charge in [0.15, 0.2) is 0 Å². The van der Waals surface area contributed by atoms with Crippen LogP contribution in [0.15, 0.2) is 10.2 Å². The summed E-state index contributed by atoms with van der Waals surface area (Å²) in [5, 5.41) is 22.3. The zero-order valence-corrected chi connectivity index (χ0v) is 9.79. The first-order valence-electron chi connectivity index (χ1n) is 5.04. The summed E-state index contributed by atoms with van der Waals surface area (Å²) in [7, 11) is 0. The maximum Gasteiger partial charge on any atom is 0.129 e. The van der Waals surface area contributed by atoms with Crippen molar-refractivity contribution < 1.29 is 0 Å². The Morgan fingerprint density at radius 3 is 1.38 bits per heavy atom. The van der Waals surface area contributed by atoms with Crippen molar-refractivity contribution in [2.75, 3.05) is 0 Å². The normalized spacial score (nSPS) is 11.5. The first-order valence-corrected chi connectivity index (χ1v) is 5.04. The van der Waals surface area contributed by atoms with Crippen LogP contribution in [0.25, 0.3) is 0 Å². The molecule has 0 fully saturated rings. The van der Waals surface area contributed by atoms with Gasteiger partial charge in [0.1, 0.15) is 11.4 Å². The molecule has 0 aliphatic heterocycles. The minimum absolute atomic E-state index is 0.792. The van der Waals surface area contributed by atoms with Crippen molar-refractivity contribution in [1.82, 2.24) is 20.4 Å². The van der Waals surface area contributed by atoms with Gasteiger partial charge in [-0.3, -0.25) is 10.2 Å². The molecule has 0 unspecified atom stereocenters. The second-order valence-electron chi connectivity index (χ2n) is 3.77. The van der Waals surface area contributed by atoms with Gasteiger partial charge in [-0.15, -0.1) is 10.2 Å². The lowest BCUT2D eigenvalue weighted by Crippen LogP contribution is -1.72. The summed E-state index contributed by atoms with van der Waals surface area (Å²) < 4.78 is 0. The van der Waals surface area contributed by atoms with Crippen molar-refractivity contribution in [2.45, 2.75) is 27.7 Å². The Bertz CT molecular complexity index is 446. The molecule has 0 radical (unpaired) electrons. The average Bonchev–Trinajstić information content (AvgIpc) is 2.72. The molecule has 84 valence electrons. The van der Waals surface area contributed by atoms with Gasteiger partial charge in [-0.25, -0.2) is 0 Å². The molecule has 2 N–H and O–H groups in total. The fourth-order valence-corrected chi connectivity index (χ4v) is 1.48. The van der Waals surface area contributed by atoms with E-state index < -0.39 is 0 Å². The highest BCUT2D eigenvalue weighted by Crippen LogP contribution is 2.26. The van der Waals surface area contributed by atoms with Crippen molar-refractivity contribution in [3.05, 3.63) is 22.8 Å². The van der Waals surface area contributed by atoms with E-state index in [1.807, 2.05) is 27.7 Å². The Morgan fingerprint density at radius 1 is 0.750 bits per heavy atom. The van der Waals surface area contributed by atoms with E-state index in [-0.39, 0.29) is 0 Å². The Hall–Kier alpha value is -1.98. The smallest absolute Gasteiger partial charge is 0.129 e. The van der Waals surface area contributed by atoms with Gasteiger partial charge in [-0.2, -0.15) is 10.2 Å². The van der Waals surface area contributed by atoms with Gasteiger partial charge in [-0.05, 0) is 27.7 Å². The summed E-state index contributed by atoms with van der Waals surface area (Å²) in [5.74, 6) is 0. The predicted octanol–water partition coefficient (Wildman–Crippen LogP) is 2.78. The molecule has 0 aliphatic carbocycles. The van der Waals surface area contributed by atoms with Crippen LogP contribution >= 0.6 is 0 Å². The summed E-state index contributed by atoms with van der Waals surface area (Å²) in [6.07, 6.45) is 0. The number of azo groups is 1. The van der Waals surface area contributed by atoms with Gasteiger partial charge in [0.05, 0.1) is 22.8 Å². The fourth-order valence-electron chi connectivity index (χ4n) is 1.48. The number of aromatic nitrogens is 4. The lowest BCUT2D eigenvalue weighted by molar-refractivity contribution is 1.02. The lowest BCUT2D eigenvalue weighted by Gasteiger charge is -1.92. The van der Waals surface area contributed by atoms with Gasteiger partial charge in [0, 0.05) is 0 Å². The number of hydrogen-bond donors (Lipinski definition) is 2. The van der Waals surface area contributed by atoms with Crippen LogP contribution in [-0.2, 0) is 0 Å². The first-order chi connectivity index (χ1) is 7.59.